The Morgan fingerprint density at radius 3 is 2.85 bits per heavy atom. The van der Waals surface area contributed by atoms with Gasteiger partial charge in [-0.25, -0.2) is 4.79 Å². The fourth-order valence-corrected chi connectivity index (χ4v) is 2.86. The molecular weight excluding hydrogens is 322 g/mol. The van der Waals surface area contributed by atoms with Crippen molar-refractivity contribution in [3.05, 3.63) is 33.8 Å². The van der Waals surface area contributed by atoms with Crippen molar-refractivity contribution < 1.29 is 9.59 Å². The second kappa shape index (κ2) is 6.26. The molecule has 108 valence electrons. The Morgan fingerprint density at radius 1 is 1.50 bits per heavy atom. The van der Waals surface area contributed by atoms with E-state index in [1.807, 2.05) is 25.1 Å². The second-order valence-electron chi connectivity index (χ2n) is 5.08. The number of amides is 3. The zero-order valence-electron chi connectivity index (χ0n) is 11.4. The number of carbonyl (C=O) groups excluding carboxylic acids is 2. The molecule has 3 N–H and O–H groups in total. The van der Waals surface area contributed by atoms with Gasteiger partial charge in [0.1, 0.15) is 0 Å². The van der Waals surface area contributed by atoms with Crippen LogP contribution in [0.3, 0.4) is 0 Å². The van der Waals surface area contributed by atoms with Crippen LogP contribution in [0, 0.1) is 6.92 Å². The molecule has 1 unspecified atom stereocenters. The van der Waals surface area contributed by atoms with Gasteiger partial charge in [0.05, 0.1) is 6.42 Å². The Kier molecular flexibility index (Phi) is 4.65. The maximum Gasteiger partial charge on any atom is 0.314 e. The van der Waals surface area contributed by atoms with Crippen LogP contribution in [-0.4, -0.2) is 36.0 Å². The molecule has 6 heteroatoms. The smallest absolute Gasteiger partial charge is 0.314 e. The normalized spacial score (nSPS) is 18.1. The van der Waals surface area contributed by atoms with Gasteiger partial charge in [-0.1, -0.05) is 22.0 Å². The Labute approximate surface area is 126 Å². The van der Waals surface area contributed by atoms with Gasteiger partial charge in [0.2, 0.25) is 5.91 Å². The number of nitrogens with two attached hydrogens (primary N) is 1. The Balaban J connectivity index is 1.88. The van der Waals surface area contributed by atoms with Crippen LogP contribution in [0.25, 0.3) is 0 Å². The number of aryl methyl sites for hydroxylation is 1. The molecule has 0 spiro atoms. The van der Waals surface area contributed by atoms with E-state index in [4.69, 9.17) is 5.73 Å². The SMILES string of the molecule is Cc1cc(Br)ccc1CC(=O)NC1CCN(C(N)=O)C1. The summed E-state index contributed by atoms with van der Waals surface area (Å²) >= 11 is 3.40. The van der Waals surface area contributed by atoms with E-state index in [9.17, 15) is 9.59 Å². The number of urea groups is 1. The molecule has 0 saturated carbocycles. The monoisotopic (exact) mass is 339 g/mol. The Morgan fingerprint density at radius 2 is 2.25 bits per heavy atom. The fourth-order valence-electron chi connectivity index (χ4n) is 2.39. The standard InChI is InChI=1S/C14H18BrN3O2/c1-9-6-11(15)3-2-10(9)7-13(19)17-12-4-5-18(8-12)14(16)20/h2-3,6,12H,4-5,7-8H2,1H3,(H2,16,20)(H,17,19). The molecule has 1 atom stereocenters. The number of carbonyl (C=O) groups is 2. The highest BCUT2D eigenvalue weighted by molar-refractivity contribution is 9.10. The maximum absolute atomic E-state index is 12.0. The first-order chi connectivity index (χ1) is 9.45. The van der Waals surface area contributed by atoms with Gasteiger partial charge >= 0.3 is 6.03 Å². The van der Waals surface area contributed by atoms with Gasteiger partial charge in [0, 0.05) is 23.6 Å². The molecule has 0 aliphatic carbocycles. The molecule has 2 rings (SSSR count). The highest BCUT2D eigenvalue weighted by atomic mass is 79.9. The maximum atomic E-state index is 12.0. The number of likely N-dealkylation sites (tertiary alicyclic amines) is 1. The minimum Gasteiger partial charge on any atom is -0.351 e. The molecule has 1 heterocycles. The highest BCUT2D eigenvalue weighted by Crippen LogP contribution is 2.16. The minimum atomic E-state index is -0.425. The van der Waals surface area contributed by atoms with E-state index in [1.54, 1.807) is 4.90 Å². The molecule has 0 aromatic heterocycles. The fraction of sp³-hybridized carbons (Fsp3) is 0.429. The lowest BCUT2D eigenvalue weighted by molar-refractivity contribution is -0.121. The second-order valence-corrected chi connectivity index (χ2v) is 6.00. The summed E-state index contributed by atoms with van der Waals surface area (Å²) in [7, 11) is 0. The molecule has 1 saturated heterocycles. The lowest BCUT2D eigenvalue weighted by Crippen LogP contribution is -2.40. The van der Waals surface area contributed by atoms with Crippen LogP contribution < -0.4 is 11.1 Å². The number of halogens is 1. The molecule has 20 heavy (non-hydrogen) atoms. The van der Waals surface area contributed by atoms with Crippen molar-refractivity contribution >= 4 is 27.9 Å². The molecule has 1 aliphatic heterocycles. The number of primary amides is 1. The summed E-state index contributed by atoms with van der Waals surface area (Å²) in [4.78, 5) is 24.6. The highest BCUT2D eigenvalue weighted by Gasteiger charge is 2.25. The van der Waals surface area contributed by atoms with Crippen LogP contribution in [0.2, 0.25) is 0 Å². The number of hydrogen-bond donors (Lipinski definition) is 2. The summed E-state index contributed by atoms with van der Waals surface area (Å²) in [5.41, 5.74) is 7.31. The Bertz CT molecular complexity index is 533. The third-order valence-corrected chi connectivity index (χ3v) is 4.01. The van der Waals surface area contributed by atoms with Crippen molar-refractivity contribution in [1.82, 2.24) is 10.2 Å². The lowest BCUT2D eigenvalue weighted by atomic mass is 10.1. The molecule has 1 aliphatic rings. The summed E-state index contributed by atoms with van der Waals surface area (Å²) in [5, 5.41) is 2.95. The van der Waals surface area contributed by atoms with Crippen molar-refractivity contribution in [3.8, 4) is 0 Å². The number of nitrogens with one attached hydrogen (secondary N) is 1. The predicted octanol–water partition coefficient (Wildman–Crippen LogP) is 1.57. The zero-order chi connectivity index (χ0) is 14.7. The third-order valence-electron chi connectivity index (χ3n) is 3.52. The summed E-state index contributed by atoms with van der Waals surface area (Å²) < 4.78 is 1.01. The van der Waals surface area contributed by atoms with Gasteiger partial charge in [0.25, 0.3) is 0 Å². The zero-order valence-corrected chi connectivity index (χ0v) is 12.9. The quantitative estimate of drug-likeness (QED) is 0.876. The van der Waals surface area contributed by atoms with Crippen LogP contribution in [0.4, 0.5) is 4.79 Å². The van der Waals surface area contributed by atoms with E-state index in [0.29, 0.717) is 19.5 Å². The number of hydrogen-bond acceptors (Lipinski definition) is 2. The molecule has 1 aromatic rings. The first-order valence-corrected chi connectivity index (χ1v) is 7.34. The molecule has 0 bridgehead atoms. The van der Waals surface area contributed by atoms with E-state index >= 15 is 0 Å². The van der Waals surface area contributed by atoms with Gasteiger partial charge < -0.3 is 16.0 Å². The topological polar surface area (TPSA) is 75.4 Å². The molecule has 3 amide bonds. The average Bonchev–Trinajstić information content (AvgIpc) is 2.81. The van der Waals surface area contributed by atoms with Gasteiger partial charge in [-0.05, 0) is 36.6 Å². The van der Waals surface area contributed by atoms with Crippen LogP contribution in [0.15, 0.2) is 22.7 Å². The van der Waals surface area contributed by atoms with Crippen molar-refractivity contribution in [3.63, 3.8) is 0 Å². The number of nitrogens with zero attached hydrogens (tertiary/aromatic N) is 1. The third kappa shape index (κ3) is 3.72. The van der Waals surface area contributed by atoms with E-state index in [-0.39, 0.29) is 11.9 Å². The first kappa shape index (κ1) is 14.8. The van der Waals surface area contributed by atoms with Crippen molar-refractivity contribution in [1.29, 1.82) is 0 Å². The van der Waals surface area contributed by atoms with Crippen LogP contribution in [0.5, 0.6) is 0 Å². The minimum absolute atomic E-state index is 0.00533. The van der Waals surface area contributed by atoms with Crippen molar-refractivity contribution in [2.45, 2.75) is 25.8 Å². The molecule has 0 radical (unpaired) electrons. The van der Waals surface area contributed by atoms with Crippen molar-refractivity contribution in [2.24, 2.45) is 5.73 Å². The summed E-state index contributed by atoms with van der Waals surface area (Å²) in [6, 6.07) is 5.45. The predicted molar refractivity (Wildman–Crippen MR) is 80.3 cm³/mol. The van der Waals surface area contributed by atoms with Crippen LogP contribution >= 0.6 is 15.9 Å². The first-order valence-electron chi connectivity index (χ1n) is 6.54. The van der Waals surface area contributed by atoms with E-state index in [2.05, 4.69) is 21.2 Å². The summed E-state index contributed by atoms with van der Waals surface area (Å²) in [5.74, 6) is -0.0215. The van der Waals surface area contributed by atoms with Gasteiger partial charge in [-0.2, -0.15) is 0 Å². The molecule has 5 nitrogen and oxygen atoms in total. The number of benzene rings is 1. The van der Waals surface area contributed by atoms with Gasteiger partial charge in [0.15, 0.2) is 0 Å². The number of rotatable bonds is 3. The van der Waals surface area contributed by atoms with E-state index < -0.39 is 6.03 Å². The molecule has 1 aromatic carbocycles. The summed E-state index contributed by atoms with van der Waals surface area (Å²) in [6.07, 6.45) is 1.11. The van der Waals surface area contributed by atoms with Crippen molar-refractivity contribution in [2.75, 3.05) is 13.1 Å². The van der Waals surface area contributed by atoms with Crippen LogP contribution in [0.1, 0.15) is 17.5 Å². The van der Waals surface area contributed by atoms with Gasteiger partial charge in [-0.3, -0.25) is 4.79 Å². The van der Waals surface area contributed by atoms with Gasteiger partial charge in [-0.15, -0.1) is 0 Å². The average molecular weight is 340 g/mol. The largest absolute Gasteiger partial charge is 0.351 e. The molecular formula is C14H18BrN3O2. The summed E-state index contributed by atoms with van der Waals surface area (Å²) in [6.45, 7) is 3.09. The van der Waals surface area contributed by atoms with Crippen LogP contribution in [-0.2, 0) is 11.2 Å². The Hall–Kier alpha value is -1.56. The lowest BCUT2D eigenvalue weighted by Gasteiger charge is -2.15. The molecule has 1 fully saturated rings. The van der Waals surface area contributed by atoms with E-state index in [1.165, 1.54) is 0 Å². The van der Waals surface area contributed by atoms with E-state index in [0.717, 1.165) is 22.0 Å².